The van der Waals surface area contributed by atoms with Crippen molar-refractivity contribution in [2.75, 3.05) is 6.61 Å². The van der Waals surface area contributed by atoms with E-state index in [0.717, 1.165) is 26.9 Å². The molecule has 3 nitrogen and oxygen atoms in total. The van der Waals surface area contributed by atoms with Crippen molar-refractivity contribution < 1.29 is 14.3 Å². The first-order chi connectivity index (χ1) is 16.6. The second-order valence-electron chi connectivity index (χ2n) is 9.05. The maximum atomic E-state index is 12.5. The molecule has 0 bridgehead atoms. The van der Waals surface area contributed by atoms with Crippen LogP contribution in [0.15, 0.2) is 70.5 Å². The van der Waals surface area contributed by atoms with E-state index >= 15 is 0 Å². The van der Waals surface area contributed by atoms with Gasteiger partial charge in [0.2, 0.25) is 0 Å². The topological polar surface area (TPSA) is 35.5 Å². The molecule has 5 heteroatoms. The lowest BCUT2D eigenvalue weighted by atomic mass is 10.1. The van der Waals surface area contributed by atoms with E-state index in [1.165, 1.54) is 20.5 Å². The van der Waals surface area contributed by atoms with Crippen LogP contribution < -0.4 is 4.74 Å². The van der Waals surface area contributed by atoms with Gasteiger partial charge in [0.15, 0.2) is 21.8 Å². The number of carbonyl (C=O) groups is 1. The van der Waals surface area contributed by atoms with Gasteiger partial charge >= 0.3 is 5.97 Å². The van der Waals surface area contributed by atoms with Crippen LogP contribution in [0.5, 0.6) is 5.75 Å². The van der Waals surface area contributed by atoms with Gasteiger partial charge in [0.05, 0.1) is 0 Å². The van der Waals surface area contributed by atoms with E-state index in [4.69, 9.17) is 9.47 Å². The molecule has 3 aromatic carbocycles. The van der Waals surface area contributed by atoms with Crippen LogP contribution in [0.1, 0.15) is 36.1 Å². The summed E-state index contributed by atoms with van der Waals surface area (Å²) in [5.74, 6) is 6.37. The van der Waals surface area contributed by atoms with Crippen molar-refractivity contribution in [3.05, 3.63) is 92.8 Å². The summed E-state index contributed by atoms with van der Waals surface area (Å²) < 4.78 is 13.8. The molecule has 0 aliphatic carbocycles. The summed E-state index contributed by atoms with van der Waals surface area (Å²) >= 11 is 3.44. The summed E-state index contributed by atoms with van der Waals surface area (Å²) in [5, 5.41) is 3.66. The molecule has 0 aliphatic heterocycles. The Hall–Kier alpha value is -3.07. The Labute approximate surface area is 218 Å². The lowest BCUT2D eigenvalue weighted by Gasteiger charge is -2.19. The van der Waals surface area contributed by atoms with Gasteiger partial charge in [0.25, 0.3) is 0 Å². The first-order valence-corrected chi connectivity index (χ1v) is 13.5. The number of hydrogen-bond donors (Lipinski definition) is 0. The molecule has 1 aromatic heterocycles. The molecule has 1 atom stereocenters. The molecule has 178 valence electrons. The summed E-state index contributed by atoms with van der Waals surface area (Å²) in [6, 6.07) is 20.6. The number of aryl methyl sites for hydroxylation is 3. The van der Waals surface area contributed by atoms with E-state index in [0.29, 0.717) is 0 Å². The molecule has 1 heterocycles. The third kappa shape index (κ3) is 5.96. The monoisotopic (exact) mass is 547 g/mol. The van der Waals surface area contributed by atoms with Gasteiger partial charge in [-0.3, -0.25) is 0 Å². The van der Waals surface area contributed by atoms with Crippen LogP contribution in [0.3, 0.4) is 0 Å². The highest BCUT2D eigenvalue weighted by molar-refractivity contribution is 9.10. The molecule has 1 unspecified atom stereocenters. The first-order valence-electron chi connectivity index (χ1n) is 11.4. The Balaban J connectivity index is 1.46. The highest BCUT2D eigenvalue weighted by Crippen LogP contribution is 2.43. The molecule has 0 fully saturated rings. The van der Waals surface area contributed by atoms with Gasteiger partial charge in [-0.15, -0.1) is 0 Å². The van der Waals surface area contributed by atoms with Crippen molar-refractivity contribution in [2.24, 2.45) is 0 Å². The number of hydrogen-bond acceptors (Lipinski definition) is 3. The lowest BCUT2D eigenvalue weighted by molar-refractivity contribution is -0.154. The third-order valence-corrected chi connectivity index (χ3v) is 8.22. The van der Waals surface area contributed by atoms with Crippen LogP contribution in [0.25, 0.3) is 15.0 Å². The minimum absolute atomic E-state index is 0.0979. The fourth-order valence-electron chi connectivity index (χ4n) is 4.01. The van der Waals surface area contributed by atoms with Gasteiger partial charge in [-0.05, 0) is 76.1 Å². The van der Waals surface area contributed by atoms with Gasteiger partial charge in [0, 0.05) is 43.6 Å². The zero-order chi connectivity index (χ0) is 25.2. The molecule has 0 N–H and O–H groups in total. The third-order valence-electron chi connectivity index (χ3n) is 5.57. The molecule has 0 spiro atoms. The van der Waals surface area contributed by atoms with Crippen molar-refractivity contribution in [2.45, 2.75) is 40.2 Å². The summed E-state index contributed by atoms with van der Waals surface area (Å²) in [5.41, 5.74) is 3.24. The van der Waals surface area contributed by atoms with Crippen molar-refractivity contribution in [1.29, 1.82) is 0 Å². The Morgan fingerprint density at radius 3 is 2.40 bits per heavy atom. The predicted molar refractivity (Wildman–Crippen MR) is 149 cm³/mol. The molecule has 4 rings (SSSR count). The Morgan fingerprint density at radius 2 is 1.69 bits per heavy atom. The van der Waals surface area contributed by atoms with Crippen molar-refractivity contribution in [1.82, 2.24) is 0 Å². The fourth-order valence-corrected chi connectivity index (χ4v) is 6.70. The predicted octanol–water partition coefficient (Wildman–Crippen LogP) is 8.02. The van der Waals surface area contributed by atoms with Gasteiger partial charge in [0.1, 0.15) is 11.1 Å². The van der Waals surface area contributed by atoms with Gasteiger partial charge < -0.3 is 9.47 Å². The second kappa shape index (κ2) is 10.3. The zero-order valence-electron chi connectivity index (χ0n) is 20.6. The standard InChI is InChI=1S/C30H28BrO3S/c1-20-15-25(35-19-22(3)26-11-6-7-12-27(26)35)16-21(2)29(20)33-18-28(32)34-30(4,5)14-13-23-9-8-10-24(31)17-23/h6-12,15-17,19H,18H2,1-5H3/q+1. The summed E-state index contributed by atoms with van der Waals surface area (Å²) in [6.07, 6.45) is 0. The molecule has 0 saturated carbocycles. The number of rotatable bonds is 5. The van der Waals surface area contributed by atoms with Crippen molar-refractivity contribution in [3.63, 3.8) is 0 Å². The maximum Gasteiger partial charge on any atom is 0.345 e. The minimum atomic E-state index is -0.933. The summed E-state index contributed by atoms with van der Waals surface area (Å²) in [7, 11) is -0.0979. The Kier molecular flexibility index (Phi) is 7.35. The number of ether oxygens (including phenoxy) is 2. The SMILES string of the molecule is Cc1cc(-[s+]2cc(C)c3ccccc32)cc(C)c1OCC(=O)OC(C)(C)C#Cc1cccc(Br)c1. The Bertz CT molecular complexity index is 1450. The van der Waals surface area contributed by atoms with Crippen LogP contribution in [0.2, 0.25) is 0 Å². The van der Waals surface area contributed by atoms with Crippen LogP contribution in [-0.4, -0.2) is 18.2 Å². The molecule has 0 aliphatic rings. The number of thiophene rings is 1. The van der Waals surface area contributed by atoms with E-state index in [1.54, 1.807) is 13.8 Å². The first kappa shape index (κ1) is 25.0. The van der Waals surface area contributed by atoms with Crippen LogP contribution in [0.4, 0.5) is 0 Å². The number of carbonyl (C=O) groups excluding carboxylic acids is 1. The molecule has 4 aromatic rings. The van der Waals surface area contributed by atoms with E-state index in [1.807, 2.05) is 38.1 Å². The number of esters is 1. The van der Waals surface area contributed by atoms with E-state index in [2.05, 4.69) is 76.5 Å². The molecule has 35 heavy (non-hydrogen) atoms. The zero-order valence-corrected chi connectivity index (χ0v) is 23.0. The largest absolute Gasteiger partial charge is 0.481 e. The minimum Gasteiger partial charge on any atom is -0.481 e. The van der Waals surface area contributed by atoms with E-state index < -0.39 is 11.6 Å². The summed E-state index contributed by atoms with van der Waals surface area (Å²) in [4.78, 5) is 13.8. The molecule has 0 radical (unpaired) electrons. The van der Waals surface area contributed by atoms with Crippen LogP contribution in [0, 0.1) is 32.6 Å². The smallest absolute Gasteiger partial charge is 0.345 e. The van der Waals surface area contributed by atoms with Crippen LogP contribution in [-0.2, 0) is 9.53 Å². The average Bonchev–Trinajstić information content (AvgIpc) is 3.14. The molecule has 0 amide bonds. The number of benzene rings is 3. The Morgan fingerprint density at radius 1 is 0.971 bits per heavy atom. The van der Waals surface area contributed by atoms with E-state index in [-0.39, 0.29) is 17.1 Å². The highest BCUT2D eigenvalue weighted by atomic mass is 79.9. The number of halogens is 1. The van der Waals surface area contributed by atoms with Crippen LogP contribution >= 0.6 is 26.4 Å². The molecular weight excluding hydrogens is 520 g/mol. The molecule has 0 saturated heterocycles. The highest BCUT2D eigenvalue weighted by Gasteiger charge is 2.23. The summed E-state index contributed by atoms with van der Waals surface area (Å²) in [6.45, 7) is 9.59. The van der Waals surface area contributed by atoms with Crippen molar-refractivity contribution >= 4 is 42.5 Å². The fraction of sp³-hybridized carbons (Fsp3) is 0.233. The maximum absolute atomic E-state index is 12.5. The van der Waals surface area contributed by atoms with Gasteiger partial charge in [-0.2, -0.15) is 0 Å². The van der Waals surface area contributed by atoms with Crippen molar-refractivity contribution in [3.8, 4) is 22.5 Å². The van der Waals surface area contributed by atoms with Gasteiger partial charge in [-0.25, -0.2) is 4.79 Å². The second-order valence-corrected chi connectivity index (χ2v) is 11.8. The lowest BCUT2D eigenvalue weighted by Crippen LogP contribution is -2.29. The quantitative estimate of drug-likeness (QED) is 0.144. The number of fused-ring (bicyclic) bond motifs is 1. The van der Waals surface area contributed by atoms with E-state index in [9.17, 15) is 4.79 Å². The molecular formula is C30H28BrO3S+. The normalized spacial score (nSPS) is 11.7. The average molecular weight is 549 g/mol. The van der Waals surface area contributed by atoms with Gasteiger partial charge in [-0.1, -0.05) is 46.0 Å².